The highest BCUT2D eigenvalue weighted by atomic mass is 16.5. The van der Waals surface area contributed by atoms with Crippen molar-refractivity contribution < 1.29 is 14.3 Å². The van der Waals surface area contributed by atoms with Crippen molar-refractivity contribution in [3.63, 3.8) is 0 Å². The summed E-state index contributed by atoms with van der Waals surface area (Å²) < 4.78 is 10.0. The van der Waals surface area contributed by atoms with Crippen LogP contribution in [0.25, 0.3) is 10.9 Å². The Morgan fingerprint density at radius 3 is 2.91 bits per heavy atom. The third-order valence-corrected chi connectivity index (χ3v) is 4.29. The van der Waals surface area contributed by atoms with Gasteiger partial charge in [-0.25, -0.2) is 4.79 Å². The fourth-order valence-electron chi connectivity index (χ4n) is 3.17. The lowest BCUT2D eigenvalue weighted by molar-refractivity contribution is 0.0601. The van der Waals surface area contributed by atoms with Gasteiger partial charge in [0.05, 0.1) is 25.3 Å². The van der Waals surface area contributed by atoms with Crippen molar-refractivity contribution in [1.29, 1.82) is 0 Å². The van der Waals surface area contributed by atoms with Crippen molar-refractivity contribution in [2.45, 2.75) is 18.9 Å². The van der Waals surface area contributed by atoms with Crippen LogP contribution in [0.3, 0.4) is 0 Å². The zero-order valence-electron chi connectivity index (χ0n) is 13.3. The maximum atomic E-state index is 12.4. The number of aromatic amines is 1. The van der Waals surface area contributed by atoms with Gasteiger partial charge < -0.3 is 19.4 Å². The van der Waals surface area contributed by atoms with Crippen LogP contribution in [0.5, 0.6) is 0 Å². The van der Waals surface area contributed by atoms with Crippen LogP contribution in [0.1, 0.15) is 23.2 Å². The Morgan fingerprint density at radius 1 is 1.35 bits per heavy atom. The molecule has 1 fully saturated rings. The normalized spacial score (nSPS) is 17.7. The largest absolute Gasteiger partial charge is 0.465 e. The third kappa shape index (κ3) is 2.94. The van der Waals surface area contributed by atoms with E-state index in [0.29, 0.717) is 23.4 Å². The number of carbonyl (C=O) groups excluding carboxylic acids is 1. The second-order valence-corrected chi connectivity index (χ2v) is 5.72. The second-order valence-electron chi connectivity index (χ2n) is 5.72. The quantitative estimate of drug-likeness (QED) is 0.873. The molecule has 0 bridgehead atoms. The summed E-state index contributed by atoms with van der Waals surface area (Å²) in [5.41, 5.74) is 1.67. The number of hydrogen-bond acceptors (Lipinski definition) is 5. The van der Waals surface area contributed by atoms with Crippen molar-refractivity contribution >= 4 is 22.6 Å². The standard InChI is InChI=1S/C17H20N2O4/c1-22-10-13-4-3-7-19(13)15-9-12-8-11(17(21)23-2)5-6-14(12)18-16(15)20/h5-6,8-9,13H,3-4,7,10H2,1-2H3,(H,18,20)/t13-/m1/s1. The zero-order valence-corrected chi connectivity index (χ0v) is 13.3. The summed E-state index contributed by atoms with van der Waals surface area (Å²) in [5.74, 6) is -0.391. The second kappa shape index (κ2) is 6.42. The highest BCUT2D eigenvalue weighted by molar-refractivity contribution is 5.95. The number of rotatable bonds is 4. The Balaban J connectivity index is 2.05. The number of hydrogen-bond donors (Lipinski definition) is 1. The number of nitrogens with zero attached hydrogens (tertiary/aromatic N) is 1. The number of benzene rings is 1. The summed E-state index contributed by atoms with van der Waals surface area (Å²) in [6.45, 7) is 1.43. The van der Waals surface area contributed by atoms with Crippen LogP contribution in [0.4, 0.5) is 5.69 Å². The molecule has 1 atom stereocenters. The number of anilines is 1. The average Bonchev–Trinajstić information content (AvgIpc) is 3.01. The molecule has 1 aromatic carbocycles. The van der Waals surface area contributed by atoms with Crippen LogP contribution in [0, 0.1) is 0 Å². The van der Waals surface area contributed by atoms with Crippen LogP contribution in [-0.2, 0) is 9.47 Å². The van der Waals surface area contributed by atoms with Crippen molar-refractivity contribution in [3.05, 3.63) is 40.2 Å². The summed E-state index contributed by atoms with van der Waals surface area (Å²) in [5, 5.41) is 0.811. The molecule has 2 aromatic rings. The summed E-state index contributed by atoms with van der Waals surface area (Å²) in [6.07, 6.45) is 2.04. The molecule has 0 aliphatic carbocycles. The van der Waals surface area contributed by atoms with E-state index in [1.807, 2.05) is 6.07 Å². The van der Waals surface area contributed by atoms with Crippen molar-refractivity contribution in [3.8, 4) is 0 Å². The van der Waals surface area contributed by atoms with E-state index in [-0.39, 0.29) is 11.6 Å². The van der Waals surface area contributed by atoms with Gasteiger partial charge >= 0.3 is 5.97 Å². The summed E-state index contributed by atoms with van der Waals surface area (Å²) in [7, 11) is 3.02. The smallest absolute Gasteiger partial charge is 0.337 e. The Labute approximate surface area is 134 Å². The molecule has 1 N–H and O–H groups in total. The first kappa shape index (κ1) is 15.6. The molecule has 0 unspecified atom stereocenters. The lowest BCUT2D eigenvalue weighted by atomic mass is 10.1. The summed E-state index contributed by atoms with van der Waals surface area (Å²) >= 11 is 0. The number of H-pyrrole nitrogens is 1. The number of nitrogens with one attached hydrogen (secondary N) is 1. The maximum absolute atomic E-state index is 12.4. The fraction of sp³-hybridized carbons (Fsp3) is 0.412. The Morgan fingerprint density at radius 2 is 2.17 bits per heavy atom. The Bertz CT molecular complexity index is 784. The van der Waals surface area contributed by atoms with Crippen molar-refractivity contribution in [2.75, 3.05) is 32.3 Å². The first-order valence-electron chi connectivity index (χ1n) is 7.65. The minimum absolute atomic E-state index is 0.119. The molecule has 1 saturated heterocycles. The number of carbonyl (C=O) groups is 1. The minimum atomic E-state index is -0.391. The van der Waals surface area contributed by atoms with Gasteiger partial charge in [0.25, 0.3) is 5.56 Å². The maximum Gasteiger partial charge on any atom is 0.337 e. The lowest BCUT2D eigenvalue weighted by Crippen LogP contribution is -2.36. The van der Waals surface area contributed by atoms with Gasteiger partial charge in [0.2, 0.25) is 0 Å². The van der Waals surface area contributed by atoms with Crippen molar-refractivity contribution in [1.82, 2.24) is 4.98 Å². The van der Waals surface area contributed by atoms with Gasteiger partial charge in [-0.2, -0.15) is 0 Å². The van der Waals surface area contributed by atoms with Crippen LogP contribution in [0.2, 0.25) is 0 Å². The molecule has 6 heteroatoms. The average molecular weight is 316 g/mol. The van der Waals surface area contributed by atoms with Gasteiger partial charge in [-0.1, -0.05) is 0 Å². The molecule has 0 saturated carbocycles. The van der Waals surface area contributed by atoms with Crippen LogP contribution in [-0.4, -0.2) is 44.4 Å². The van der Waals surface area contributed by atoms with Crippen molar-refractivity contribution in [2.24, 2.45) is 0 Å². The molecule has 6 nitrogen and oxygen atoms in total. The predicted molar refractivity (Wildman–Crippen MR) is 88.2 cm³/mol. The SMILES string of the molecule is COC[C@H]1CCCN1c1cc2cc(C(=O)OC)ccc2[nH]c1=O. The van der Waals surface area contributed by atoms with E-state index in [1.54, 1.807) is 25.3 Å². The van der Waals surface area contributed by atoms with Crippen LogP contribution < -0.4 is 10.5 Å². The number of aromatic nitrogens is 1. The molecule has 1 aliphatic rings. The number of esters is 1. The molecule has 0 radical (unpaired) electrons. The monoisotopic (exact) mass is 316 g/mol. The van der Waals surface area contributed by atoms with Crippen LogP contribution in [0.15, 0.2) is 29.1 Å². The van der Waals surface area contributed by atoms with E-state index in [0.717, 1.165) is 24.8 Å². The predicted octanol–water partition coefficient (Wildman–Crippen LogP) is 1.93. The topological polar surface area (TPSA) is 71.6 Å². The molecule has 23 heavy (non-hydrogen) atoms. The summed E-state index contributed by atoms with van der Waals surface area (Å²) in [6, 6.07) is 7.16. The van der Waals surface area contributed by atoms with E-state index in [9.17, 15) is 9.59 Å². The first-order valence-corrected chi connectivity index (χ1v) is 7.65. The fourth-order valence-corrected chi connectivity index (χ4v) is 3.17. The molecule has 3 rings (SSSR count). The van der Waals surface area contributed by atoms with E-state index in [1.165, 1.54) is 7.11 Å². The van der Waals surface area contributed by atoms with Gasteiger partial charge in [0.15, 0.2) is 0 Å². The third-order valence-electron chi connectivity index (χ3n) is 4.29. The molecule has 1 aromatic heterocycles. The van der Waals surface area contributed by atoms with E-state index in [4.69, 9.17) is 9.47 Å². The van der Waals surface area contributed by atoms with Gasteiger partial charge in [-0.05, 0) is 37.1 Å². The van der Waals surface area contributed by atoms with Gasteiger partial charge in [0.1, 0.15) is 5.69 Å². The number of ether oxygens (including phenoxy) is 2. The van der Waals surface area contributed by atoms with Gasteiger partial charge in [-0.15, -0.1) is 0 Å². The minimum Gasteiger partial charge on any atom is -0.465 e. The molecule has 122 valence electrons. The van der Waals surface area contributed by atoms with E-state index >= 15 is 0 Å². The molecular formula is C17H20N2O4. The molecule has 2 heterocycles. The molecular weight excluding hydrogens is 296 g/mol. The first-order chi connectivity index (χ1) is 11.1. The van der Waals surface area contributed by atoms with E-state index in [2.05, 4.69) is 9.88 Å². The number of fused-ring (bicyclic) bond motifs is 1. The highest BCUT2D eigenvalue weighted by Crippen LogP contribution is 2.25. The van der Waals surface area contributed by atoms with E-state index < -0.39 is 5.97 Å². The van der Waals surface area contributed by atoms with Crippen LogP contribution >= 0.6 is 0 Å². The molecule has 1 aliphatic heterocycles. The number of methoxy groups -OCH3 is 2. The molecule has 0 amide bonds. The molecule has 0 spiro atoms. The number of pyridine rings is 1. The Hall–Kier alpha value is -2.34. The summed E-state index contributed by atoms with van der Waals surface area (Å²) in [4.78, 5) is 29.1. The van der Waals surface area contributed by atoms with Gasteiger partial charge in [-0.3, -0.25) is 4.79 Å². The highest BCUT2D eigenvalue weighted by Gasteiger charge is 2.26. The zero-order chi connectivity index (χ0) is 16.4. The lowest BCUT2D eigenvalue weighted by Gasteiger charge is -2.25. The van der Waals surface area contributed by atoms with Gasteiger partial charge in [0, 0.05) is 24.6 Å². The Kier molecular flexibility index (Phi) is 4.34.